The van der Waals surface area contributed by atoms with Crippen LogP contribution in [-0.4, -0.2) is 5.11 Å². The van der Waals surface area contributed by atoms with Crippen LogP contribution >= 0.6 is 23.2 Å². The molecule has 2 atom stereocenters. The summed E-state index contributed by atoms with van der Waals surface area (Å²) in [6.07, 6.45) is -1.10. The molecule has 0 bridgehead atoms. The van der Waals surface area contributed by atoms with Gasteiger partial charge in [-0.1, -0.05) is 65.7 Å². The molecule has 3 aromatic carbocycles. The predicted octanol–water partition coefficient (Wildman–Crippen LogP) is 5.49. The molecule has 0 saturated heterocycles. The maximum Gasteiger partial charge on any atom is 0.102 e. The molecular weight excluding hydrogens is 329 g/mol. The average Bonchev–Trinajstić information content (AvgIpc) is 2.55. The number of hydrogen-bond donors (Lipinski definition) is 1. The molecule has 0 heterocycles. The summed E-state index contributed by atoms with van der Waals surface area (Å²) >= 11 is 12.3. The summed E-state index contributed by atoms with van der Waals surface area (Å²) in [6, 6.07) is 20.8. The zero-order chi connectivity index (χ0) is 16.4. The Balaban J connectivity index is 2.06. The SMILES string of the molecule is N#C[C@H](c1ccc2ccccc2c1)[C@@H](O)c1c(Cl)cccc1Cl. The van der Waals surface area contributed by atoms with Gasteiger partial charge in [-0.15, -0.1) is 0 Å². The van der Waals surface area contributed by atoms with Crippen molar-refractivity contribution in [3.63, 3.8) is 0 Å². The van der Waals surface area contributed by atoms with E-state index in [4.69, 9.17) is 23.2 Å². The van der Waals surface area contributed by atoms with Crippen molar-refractivity contribution in [1.82, 2.24) is 0 Å². The number of aliphatic hydroxyl groups is 1. The fraction of sp³-hybridized carbons (Fsp3) is 0.105. The van der Waals surface area contributed by atoms with Crippen LogP contribution in [0, 0.1) is 11.3 Å². The highest BCUT2D eigenvalue weighted by Crippen LogP contribution is 2.38. The van der Waals surface area contributed by atoms with E-state index in [1.807, 2.05) is 42.5 Å². The van der Waals surface area contributed by atoms with Gasteiger partial charge in [-0.25, -0.2) is 0 Å². The van der Waals surface area contributed by atoms with E-state index in [1.165, 1.54) is 0 Å². The van der Waals surface area contributed by atoms with E-state index in [-0.39, 0.29) is 0 Å². The van der Waals surface area contributed by atoms with Crippen LogP contribution in [0.3, 0.4) is 0 Å². The second-order valence-corrected chi connectivity index (χ2v) is 6.11. The van der Waals surface area contributed by atoms with Crippen LogP contribution < -0.4 is 0 Å². The lowest BCUT2D eigenvalue weighted by Gasteiger charge is -2.20. The normalized spacial score (nSPS) is 13.5. The fourth-order valence-electron chi connectivity index (χ4n) is 2.69. The molecule has 1 N–H and O–H groups in total. The van der Waals surface area contributed by atoms with Gasteiger partial charge in [0.25, 0.3) is 0 Å². The number of nitrogens with zero attached hydrogens (tertiary/aromatic N) is 1. The number of benzene rings is 3. The van der Waals surface area contributed by atoms with Crippen LogP contribution in [0.5, 0.6) is 0 Å². The van der Waals surface area contributed by atoms with Crippen LogP contribution in [0.15, 0.2) is 60.7 Å². The Kier molecular flexibility index (Phi) is 4.54. The van der Waals surface area contributed by atoms with Crippen LogP contribution in [-0.2, 0) is 0 Å². The summed E-state index contributed by atoms with van der Waals surface area (Å²) in [7, 11) is 0. The minimum atomic E-state index is -1.10. The lowest BCUT2D eigenvalue weighted by atomic mass is 9.89. The van der Waals surface area contributed by atoms with Gasteiger partial charge in [0.05, 0.1) is 6.07 Å². The number of hydrogen-bond acceptors (Lipinski definition) is 2. The van der Waals surface area contributed by atoms with Gasteiger partial charge in [0.2, 0.25) is 0 Å². The maximum absolute atomic E-state index is 10.7. The first-order chi connectivity index (χ1) is 11.1. The molecule has 0 unspecified atom stereocenters. The Hall–Kier alpha value is -2.05. The first-order valence-corrected chi connectivity index (χ1v) is 7.87. The number of aliphatic hydroxyl groups excluding tert-OH is 1. The third kappa shape index (κ3) is 3.04. The molecular formula is C19H13Cl2NO. The predicted molar refractivity (Wildman–Crippen MR) is 93.7 cm³/mol. The van der Waals surface area contributed by atoms with Gasteiger partial charge in [0.1, 0.15) is 12.0 Å². The van der Waals surface area contributed by atoms with Crippen LogP contribution in [0.2, 0.25) is 10.0 Å². The standard InChI is InChI=1S/C19H13Cl2NO/c20-16-6-3-7-17(21)18(16)19(23)15(11-22)14-9-8-12-4-1-2-5-13(12)10-14/h1-10,15,19,23H/t15-,19-/m1/s1. The smallest absolute Gasteiger partial charge is 0.102 e. The first-order valence-electron chi connectivity index (χ1n) is 7.12. The number of fused-ring (bicyclic) bond motifs is 1. The third-order valence-corrected chi connectivity index (χ3v) is 4.54. The molecule has 0 aromatic heterocycles. The molecule has 0 aliphatic heterocycles. The van der Waals surface area contributed by atoms with Gasteiger partial charge in [0.15, 0.2) is 0 Å². The molecule has 23 heavy (non-hydrogen) atoms. The Bertz CT molecular complexity index is 881. The van der Waals surface area contributed by atoms with Crippen molar-refractivity contribution in [2.45, 2.75) is 12.0 Å². The fourth-order valence-corrected chi connectivity index (χ4v) is 3.31. The van der Waals surface area contributed by atoms with Crippen LogP contribution in [0.4, 0.5) is 0 Å². The van der Waals surface area contributed by atoms with E-state index in [9.17, 15) is 10.4 Å². The zero-order valence-electron chi connectivity index (χ0n) is 12.1. The maximum atomic E-state index is 10.7. The van der Waals surface area contributed by atoms with E-state index in [2.05, 4.69) is 6.07 Å². The summed E-state index contributed by atoms with van der Waals surface area (Å²) in [5, 5.41) is 23.0. The topological polar surface area (TPSA) is 44.0 Å². The molecule has 0 aliphatic rings. The Morgan fingerprint density at radius 3 is 2.17 bits per heavy atom. The number of nitriles is 1. The molecule has 0 amide bonds. The van der Waals surface area contributed by atoms with E-state index in [1.54, 1.807) is 18.2 Å². The molecule has 0 aliphatic carbocycles. The van der Waals surface area contributed by atoms with Crippen LogP contribution in [0.1, 0.15) is 23.1 Å². The Labute approximate surface area is 144 Å². The highest BCUT2D eigenvalue weighted by atomic mass is 35.5. The van der Waals surface area contributed by atoms with Crippen molar-refractivity contribution in [2.24, 2.45) is 0 Å². The van der Waals surface area contributed by atoms with Crippen LogP contribution in [0.25, 0.3) is 10.8 Å². The minimum Gasteiger partial charge on any atom is -0.387 e. The van der Waals surface area contributed by atoms with Crippen molar-refractivity contribution in [3.05, 3.63) is 81.8 Å². The minimum absolute atomic E-state index is 0.353. The van der Waals surface area contributed by atoms with Crippen molar-refractivity contribution in [3.8, 4) is 6.07 Å². The molecule has 3 rings (SSSR count). The highest BCUT2D eigenvalue weighted by Gasteiger charge is 2.26. The van der Waals surface area contributed by atoms with Gasteiger partial charge in [-0.05, 0) is 34.5 Å². The van der Waals surface area contributed by atoms with E-state index in [0.29, 0.717) is 15.6 Å². The van der Waals surface area contributed by atoms with Gasteiger partial charge in [-0.2, -0.15) is 5.26 Å². The van der Waals surface area contributed by atoms with Crippen molar-refractivity contribution in [1.29, 1.82) is 5.26 Å². The lowest BCUT2D eigenvalue weighted by Crippen LogP contribution is -2.10. The number of halogens is 2. The monoisotopic (exact) mass is 341 g/mol. The van der Waals surface area contributed by atoms with E-state index in [0.717, 1.165) is 16.3 Å². The van der Waals surface area contributed by atoms with Gasteiger partial charge < -0.3 is 5.11 Å². The molecule has 2 nitrogen and oxygen atoms in total. The van der Waals surface area contributed by atoms with E-state index >= 15 is 0 Å². The summed E-state index contributed by atoms with van der Waals surface area (Å²) in [5.41, 5.74) is 1.12. The summed E-state index contributed by atoms with van der Waals surface area (Å²) in [4.78, 5) is 0. The van der Waals surface area contributed by atoms with Crippen molar-refractivity contribution < 1.29 is 5.11 Å². The molecule has 3 aromatic rings. The largest absolute Gasteiger partial charge is 0.387 e. The van der Waals surface area contributed by atoms with Gasteiger partial charge in [0, 0.05) is 15.6 Å². The first kappa shape index (κ1) is 15.8. The summed E-state index contributed by atoms with van der Waals surface area (Å²) in [6.45, 7) is 0. The molecule has 4 heteroatoms. The molecule has 114 valence electrons. The third-order valence-electron chi connectivity index (χ3n) is 3.88. The molecule has 0 radical (unpaired) electrons. The highest BCUT2D eigenvalue weighted by molar-refractivity contribution is 6.36. The number of rotatable bonds is 3. The second-order valence-electron chi connectivity index (χ2n) is 5.29. The molecule has 0 saturated carbocycles. The summed E-state index contributed by atoms with van der Waals surface area (Å²) < 4.78 is 0. The Morgan fingerprint density at radius 1 is 0.870 bits per heavy atom. The average molecular weight is 342 g/mol. The van der Waals surface area contributed by atoms with Gasteiger partial charge in [-0.3, -0.25) is 0 Å². The quantitative estimate of drug-likeness (QED) is 0.684. The Morgan fingerprint density at radius 2 is 1.52 bits per heavy atom. The molecule has 0 fully saturated rings. The molecule has 0 spiro atoms. The summed E-state index contributed by atoms with van der Waals surface area (Å²) in [5.74, 6) is -0.753. The van der Waals surface area contributed by atoms with Crippen molar-refractivity contribution in [2.75, 3.05) is 0 Å². The van der Waals surface area contributed by atoms with Gasteiger partial charge >= 0.3 is 0 Å². The second kappa shape index (κ2) is 6.60. The van der Waals surface area contributed by atoms with Crippen molar-refractivity contribution >= 4 is 34.0 Å². The lowest BCUT2D eigenvalue weighted by molar-refractivity contribution is 0.164. The van der Waals surface area contributed by atoms with E-state index < -0.39 is 12.0 Å². The zero-order valence-corrected chi connectivity index (χ0v) is 13.6.